The van der Waals surface area contributed by atoms with E-state index < -0.39 is 6.04 Å². The van der Waals surface area contributed by atoms with Gasteiger partial charge in [0.15, 0.2) is 17.3 Å². The standard InChI is InChI=1S/C22H22N6O3/c1-30-17-6-5-12(10-18(17)31-2)14-8-15-19(16(29)9-14)20(13-4-3-7-24-11-13)28-22(25-15)26-21(23)27-28/h3-7,10-11,14,20H,8-9H2,1-2H3,(H3,23,25,26,27)/t14-,20+/m0/s1. The molecule has 158 valence electrons. The van der Waals surface area contributed by atoms with Crippen molar-refractivity contribution in [1.29, 1.82) is 0 Å². The highest BCUT2D eigenvalue weighted by molar-refractivity contribution is 6.00. The van der Waals surface area contributed by atoms with Crippen molar-refractivity contribution in [2.45, 2.75) is 24.8 Å². The van der Waals surface area contributed by atoms with Gasteiger partial charge >= 0.3 is 0 Å². The van der Waals surface area contributed by atoms with Gasteiger partial charge in [-0.3, -0.25) is 9.78 Å². The van der Waals surface area contributed by atoms with E-state index in [0.717, 1.165) is 16.8 Å². The Morgan fingerprint density at radius 1 is 1.13 bits per heavy atom. The number of aromatic nitrogens is 4. The summed E-state index contributed by atoms with van der Waals surface area (Å²) < 4.78 is 12.5. The third-order valence-electron chi connectivity index (χ3n) is 5.82. The number of nitrogen functional groups attached to an aromatic ring is 1. The molecule has 0 unspecified atom stereocenters. The minimum absolute atomic E-state index is 0.0000714. The van der Waals surface area contributed by atoms with Gasteiger partial charge in [-0.1, -0.05) is 12.1 Å². The lowest BCUT2D eigenvalue weighted by atomic mass is 9.78. The summed E-state index contributed by atoms with van der Waals surface area (Å²) >= 11 is 0. The van der Waals surface area contributed by atoms with E-state index in [0.29, 0.717) is 35.9 Å². The van der Waals surface area contributed by atoms with Crippen LogP contribution in [0.5, 0.6) is 11.5 Å². The zero-order valence-corrected chi connectivity index (χ0v) is 17.2. The van der Waals surface area contributed by atoms with Crippen molar-refractivity contribution in [2.75, 3.05) is 25.3 Å². The van der Waals surface area contributed by atoms with Crippen LogP contribution in [0.4, 0.5) is 11.9 Å². The highest BCUT2D eigenvalue weighted by Crippen LogP contribution is 2.45. The van der Waals surface area contributed by atoms with Crippen LogP contribution in [0.2, 0.25) is 0 Å². The number of ether oxygens (including phenoxy) is 2. The number of Topliss-reactive ketones (excluding diaryl/α,β-unsaturated/α-hetero) is 1. The van der Waals surface area contributed by atoms with E-state index in [9.17, 15) is 4.79 Å². The van der Waals surface area contributed by atoms with E-state index in [1.807, 2.05) is 30.3 Å². The summed E-state index contributed by atoms with van der Waals surface area (Å²) in [5.41, 5.74) is 9.27. The van der Waals surface area contributed by atoms with Crippen molar-refractivity contribution >= 4 is 17.7 Å². The molecular weight excluding hydrogens is 396 g/mol. The highest BCUT2D eigenvalue weighted by Gasteiger charge is 2.39. The molecule has 1 aromatic carbocycles. The molecule has 0 amide bonds. The number of allylic oxidation sites excluding steroid dienone is 2. The monoisotopic (exact) mass is 418 g/mol. The number of hydrogen-bond donors (Lipinski definition) is 2. The first-order valence-corrected chi connectivity index (χ1v) is 9.96. The lowest BCUT2D eigenvalue weighted by molar-refractivity contribution is -0.116. The Labute approximate surface area is 178 Å². The smallest absolute Gasteiger partial charge is 0.241 e. The fourth-order valence-corrected chi connectivity index (χ4v) is 4.42. The van der Waals surface area contributed by atoms with Gasteiger partial charge in [0.25, 0.3) is 0 Å². The van der Waals surface area contributed by atoms with Crippen molar-refractivity contribution < 1.29 is 14.3 Å². The van der Waals surface area contributed by atoms with Gasteiger partial charge in [-0.25, -0.2) is 4.68 Å². The van der Waals surface area contributed by atoms with Crippen LogP contribution in [0.1, 0.15) is 35.9 Å². The summed E-state index contributed by atoms with van der Waals surface area (Å²) in [6.45, 7) is 0. The van der Waals surface area contributed by atoms with Gasteiger partial charge in [-0.05, 0) is 41.7 Å². The first kappa shape index (κ1) is 19.1. The molecule has 3 aromatic rings. The van der Waals surface area contributed by atoms with Crippen LogP contribution in [0.25, 0.3) is 0 Å². The predicted octanol–water partition coefficient (Wildman–Crippen LogP) is 2.69. The Hall–Kier alpha value is -3.88. The molecule has 1 aliphatic carbocycles. The normalized spacial score (nSPS) is 20.0. The number of carbonyl (C=O) groups excluding carboxylic acids is 1. The largest absolute Gasteiger partial charge is 0.493 e. The molecule has 9 nitrogen and oxygen atoms in total. The van der Waals surface area contributed by atoms with Crippen molar-refractivity contribution in [3.05, 3.63) is 65.1 Å². The molecule has 0 fully saturated rings. The number of carbonyl (C=O) groups is 1. The number of fused-ring (bicyclic) bond motifs is 1. The maximum atomic E-state index is 13.4. The molecule has 2 atom stereocenters. The number of nitrogens with zero attached hydrogens (tertiary/aromatic N) is 4. The quantitative estimate of drug-likeness (QED) is 0.664. The lowest BCUT2D eigenvalue weighted by Crippen LogP contribution is -2.33. The Morgan fingerprint density at radius 3 is 2.71 bits per heavy atom. The Kier molecular flexibility index (Phi) is 4.58. The molecule has 3 heterocycles. The van der Waals surface area contributed by atoms with Gasteiger partial charge in [-0.15, -0.1) is 5.10 Å². The molecule has 2 aromatic heterocycles. The topological polar surface area (TPSA) is 117 Å². The van der Waals surface area contributed by atoms with Gasteiger partial charge < -0.3 is 20.5 Å². The summed E-state index contributed by atoms with van der Waals surface area (Å²) in [7, 11) is 3.21. The molecule has 0 radical (unpaired) electrons. The molecule has 0 spiro atoms. The zero-order valence-electron chi connectivity index (χ0n) is 17.2. The number of rotatable bonds is 4. The first-order valence-electron chi connectivity index (χ1n) is 9.96. The number of benzene rings is 1. The number of nitrogens with one attached hydrogen (secondary N) is 1. The second-order valence-corrected chi connectivity index (χ2v) is 7.59. The second-order valence-electron chi connectivity index (χ2n) is 7.59. The Morgan fingerprint density at radius 2 is 1.97 bits per heavy atom. The van der Waals surface area contributed by atoms with E-state index in [2.05, 4.69) is 20.4 Å². The van der Waals surface area contributed by atoms with Crippen LogP contribution in [0.3, 0.4) is 0 Å². The average Bonchev–Trinajstić information content (AvgIpc) is 3.17. The van der Waals surface area contributed by atoms with E-state index in [1.165, 1.54) is 0 Å². The lowest BCUT2D eigenvalue weighted by Gasteiger charge is -2.35. The maximum absolute atomic E-state index is 13.4. The SMILES string of the molecule is COc1ccc([C@@H]2CC(=O)C3=C(C2)Nc2nc(N)nn2[C@@H]3c2cccnc2)cc1OC. The Bertz CT molecular complexity index is 1190. The van der Waals surface area contributed by atoms with Crippen LogP contribution in [-0.2, 0) is 4.79 Å². The fraction of sp³-hybridized carbons (Fsp3) is 0.273. The maximum Gasteiger partial charge on any atom is 0.241 e. The number of anilines is 2. The van der Waals surface area contributed by atoms with Gasteiger partial charge in [0.05, 0.1) is 14.2 Å². The first-order chi connectivity index (χ1) is 15.1. The molecule has 5 rings (SSSR count). The minimum atomic E-state index is -0.413. The summed E-state index contributed by atoms with van der Waals surface area (Å²) in [4.78, 5) is 22.0. The molecule has 2 aliphatic rings. The minimum Gasteiger partial charge on any atom is -0.493 e. The molecular formula is C22H22N6O3. The fourth-order valence-electron chi connectivity index (χ4n) is 4.42. The van der Waals surface area contributed by atoms with Gasteiger partial charge in [0.1, 0.15) is 6.04 Å². The second kappa shape index (κ2) is 7.42. The van der Waals surface area contributed by atoms with E-state index in [4.69, 9.17) is 15.2 Å². The molecule has 31 heavy (non-hydrogen) atoms. The van der Waals surface area contributed by atoms with Crippen molar-refractivity contribution in [2.24, 2.45) is 0 Å². The van der Waals surface area contributed by atoms with Crippen LogP contribution < -0.4 is 20.5 Å². The number of methoxy groups -OCH3 is 2. The van der Waals surface area contributed by atoms with Crippen molar-refractivity contribution in [3.8, 4) is 11.5 Å². The summed E-state index contributed by atoms with van der Waals surface area (Å²) in [6, 6.07) is 9.15. The zero-order chi connectivity index (χ0) is 21.5. The number of nitrogens with two attached hydrogens (primary N) is 1. The van der Waals surface area contributed by atoms with E-state index in [1.54, 1.807) is 31.3 Å². The van der Waals surface area contributed by atoms with E-state index in [-0.39, 0.29) is 17.6 Å². The van der Waals surface area contributed by atoms with Crippen LogP contribution >= 0.6 is 0 Å². The molecule has 1 aliphatic heterocycles. The molecule has 0 bridgehead atoms. The van der Waals surface area contributed by atoms with Crippen molar-refractivity contribution in [3.63, 3.8) is 0 Å². The van der Waals surface area contributed by atoms with Gasteiger partial charge in [0, 0.05) is 30.1 Å². The van der Waals surface area contributed by atoms with Crippen LogP contribution in [0.15, 0.2) is 54.0 Å². The van der Waals surface area contributed by atoms with Crippen LogP contribution in [-0.4, -0.2) is 39.8 Å². The highest BCUT2D eigenvalue weighted by atomic mass is 16.5. The third-order valence-corrected chi connectivity index (χ3v) is 5.82. The van der Waals surface area contributed by atoms with Gasteiger partial charge in [-0.2, -0.15) is 4.98 Å². The average molecular weight is 418 g/mol. The number of hydrogen-bond acceptors (Lipinski definition) is 8. The summed E-state index contributed by atoms with van der Waals surface area (Å²) in [5.74, 6) is 2.03. The predicted molar refractivity (Wildman–Crippen MR) is 114 cm³/mol. The summed E-state index contributed by atoms with van der Waals surface area (Å²) in [5, 5.41) is 7.62. The third kappa shape index (κ3) is 3.18. The van der Waals surface area contributed by atoms with Crippen LogP contribution in [0, 0.1) is 0 Å². The van der Waals surface area contributed by atoms with Crippen molar-refractivity contribution in [1.82, 2.24) is 19.7 Å². The number of pyridine rings is 1. The Balaban J connectivity index is 1.57. The molecule has 0 saturated heterocycles. The molecule has 0 saturated carbocycles. The molecule has 3 N–H and O–H groups in total. The molecule has 9 heteroatoms. The van der Waals surface area contributed by atoms with Gasteiger partial charge in [0.2, 0.25) is 11.9 Å². The number of ketones is 1. The van der Waals surface area contributed by atoms with E-state index >= 15 is 0 Å². The summed E-state index contributed by atoms with van der Waals surface area (Å²) in [6.07, 6.45) is 4.48.